The van der Waals surface area contributed by atoms with Crippen LogP contribution in [-0.2, 0) is 6.42 Å². The Morgan fingerprint density at radius 2 is 1.70 bits per heavy atom. The summed E-state index contributed by atoms with van der Waals surface area (Å²) in [5, 5.41) is 3.62. The fourth-order valence-corrected chi connectivity index (χ4v) is 2.61. The lowest BCUT2D eigenvalue weighted by Crippen LogP contribution is -2.30. The number of rotatable bonds is 11. The third-order valence-electron chi connectivity index (χ3n) is 3.79. The van der Waals surface area contributed by atoms with Gasteiger partial charge in [-0.25, -0.2) is 0 Å². The monoisotopic (exact) mass is 277 g/mol. The molecule has 20 heavy (non-hydrogen) atoms. The van der Waals surface area contributed by atoms with Gasteiger partial charge in [-0.2, -0.15) is 0 Å². The van der Waals surface area contributed by atoms with Crippen LogP contribution in [0.5, 0.6) is 5.75 Å². The quantitative estimate of drug-likeness (QED) is 0.598. The number of hydrogen-bond acceptors (Lipinski definition) is 2. The van der Waals surface area contributed by atoms with E-state index in [1.807, 2.05) is 0 Å². The first-order chi connectivity index (χ1) is 9.80. The van der Waals surface area contributed by atoms with Crippen molar-refractivity contribution in [3.05, 3.63) is 29.8 Å². The zero-order valence-electron chi connectivity index (χ0n) is 13.5. The van der Waals surface area contributed by atoms with E-state index < -0.39 is 0 Å². The normalized spacial score (nSPS) is 12.3. The van der Waals surface area contributed by atoms with Gasteiger partial charge in [-0.1, -0.05) is 58.1 Å². The van der Waals surface area contributed by atoms with E-state index in [2.05, 4.69) is 43.4 Å². The van der Waals surface area contributed by atoms with Gasteiger partial charge in [0.05, 0.1) is 7.11 Å². The molecule has 0 spiro atoms. The third kappa shape index (κ3) is 6.95. The van der Waals surface area contributed by atoms with Crippen LogP contribution in [0.3, 0.4) is 0 Å². The average Bonchev–Trinajstić information content (AvgIpc) is 2.48. The summed E-state index contributed by atoms with van der Waals surface area (Å²) >= 11 is 0. The van der Waals surface area contributed by atoms with Gasteiger partial charge in [-0.05, 0) is 37.1 Å². The van der Waals surface area contributed by atoms with Crippen molar-refractivity contribution in [2.24, 2.45) is 0 Å². The molecule has 0 amide bonds. The Morgan fingerprint density at radius 3 is 2.30 bits per heavy atom. The number of hydrogen-bond donors (Lipinski definition) is 1. The fourth-order valence-electron chi connectivity index (χ4n) is 2.61. The minimum atomic E-state index is 0.607. The molecule has 0 aliphatic carbocycles. The van der Waals surface area contributed by atoms with Crippen molar-refractivity contribution in [1.82, 2.24) is 5.32 Å². The SMILES string of the molecule is CCCCCCCC(Cc1ccc(OC)cc1)NCC. The molecule has 0 radical (unpaired) electrons. The molecule has 0 aliphatic rings. The molecule has 1 aromatic rings. The Bertz CT molecular complexity index is 334. The van der Waals surface area contributed by atoms with E-state index in [0.717, 1.165) is 18.7 Å². The highest BCUT2D eigenvalue weighted by molar-refractivity contribution is 5.27. The van der Waals surface area contributed by atoms with Gasteiger partial charge in [-0.15, -0.1) is 0 Å². The lowest BCUT2D eigenvalue weighted by Gasteiger charge is -2.18. The molecule has 0 bridgehead atoms. The minimum absolute atomic E-state index is 0.607. The molecule has 1 unspecified atom stereocenters. The number of unbranched alkanes of at least 4 members (excludes halogenated alkanes) is 4. The van der Waals surface area contributed by atoms with Crippen molar-refractivity contribution in [3.63, 3.8) is 0 Å². The van der Waals surface area contributed by atoms with Crippen molar-refractivity contribution in [1.29, 1.82) is 0 Å². The summed E-state index contributed by atoms with van der Waals surface area (Å²) in [7, 11) is 1.72. The van der Waals surface area contributed by atoms with Crippen LogP contribution in [0.4, 0.5) is 0 Å². The first-order valence-electron chi connectivity index (χ1n) is 8.16. The van der Waals surface area contributed by atoms with Gasteiger partial charge >= 0.3 is 0 Å². The second-order valence-electron chi connectivity index (χ2n) is 5.51. The van der Waals surface area contributed by atoms with Crippen LogP contribution in [-0.4, -0.2) is 19.7 Å². The average molecular weight is 277 g/mol. The van der Waals surface area contributed by atoms with Crippen LogP contribution in [0.2, 0.25) is 0 Å². The van der Waals surface area contributed by atoms with Crippen molar-refractivity contribution < 1.29 is 4.74 Å². The summed E-state index contributed by atoms with van der Waals surface area (Å²) in [6.45, 7) is 5.51. The molecule has 1 rings (SSSR count). The molecule has 1 atom stereocenters. The molecule has 2 heteroatoms. The highest BCUT2D eigenvalue weighted by Gasteiger charge is 2.08. The number of likely N-dealkylation sites (N-methyl/N-ethyl adjacent to an activating group) is 1. The maximum absolute atomic E-state index is 5.21. The molecular weight excluding hydrogens is 246 g/mol. The zero-order chi connectivity index (χ0) is 14.6. The fraction of sp³-hybridized carbons (Fsp3) is 0.667. The molecule has 0 saturated carbocycles. The summed E-state index contributed by atoms with van der Waals surface area (Å²) in [4.78, 5) is 0. The predicted molar refractivity (Wildman–Crippen MR) is 87.5 cm³/mol. The van der Waals surface area contributed by atoms with Crippen LogP contribution in [0.1, 0.15) is 57.9 Å². The number of methoxy groups -OCH3 is 1. The van der Waals surface area contributed by atoms with Gasteiger partial charge in [-0.3, -0.25) is 0 Å². The lowest BCUT2D eigenvalue weighted by atomic mass is 9.99. The second-order valence-corrected chi connectivity index (χ2v) is 5.51. The molecule has 0 aromatic heterocycles. The second kappa shape index (κ2) is 10.7. The van der Waals surface area contributed by atoms with E-state index in [-0.39, 0.29) is 0 Å². The largest absolute Gasteiger partial charge is 0.497 e. The summed E-state index contributed by atoms with van der Waals surface area (Å²) in [6.07, 6.45) is 9.20. The molecule has 1 aromatic carbocycles. The van der Waals surface area contributed by atoms with Gasteiger partial charge in [0.15, 0.2) is 0 Å². The van der Waals surface area contributed by atoms with Crippen molar-refractivity contribution in [3.8, 4) is 5.75 Å². The Kier molecular flexibility index (Phi) is 9.14. The Morgan fingerprint density at radius 1 is 1.00 bits per heavy atom. The molecule has 1 N–H and O–H groups in total. The van der Waals surface area contributed by atoms with Crippen LogP contribution in [0.25, 0.3) is 0 Å². The van der Waals surface area contributed by atoms with Crippen molar-refractivity contribution in [2.75, 3.05) is 13.7 Å². The third-order valence-corrected chi connectivity index (χ3v) is 3.79. The van der Waals surface area contributed by atoms with E-state index in [1.165, 1.54) is 44.1 Å². The van der Waals surface area contributed by atoms with Crippen molar-refractivity contribution in [2.45, 2.75) is 64.8 Å². The first kappa shape index (κ1) is 17.0. The van der Waals surface area contributed by atoms with Crippen LogP contribution in [0, 0.1) is 0 Å². The topological polar surface area (TPSA) is 21.3 Å². The zero-order valence-corrected chi connectivity index (χ0v) is 13.5. The number of ether oxygens (including phenoxy) is 1. The summed E-state index contributed by atoms with van der Waals surface area (Å²) in [6, 6.07) is 9.08. The summed E-state index contributed by atoms with van der Waals surface area (Å²) < 4.78 is 5.21. The van der Waals surface area contributed by atoms with Crippen LogP contribution >= 0.6 is 0 Å². The Balaban J connectivity index is 2.36. The van der Waals surface area contributed by atoms with Gasteiger partial charge in [0.25, 0.3) is 0 Å². The van der Waals surface area contributed by atoms with E-state index >= 15 is 0 Å². The molecule has 114 valence electrons. The highest BCUT2D eigenvalue weighted by Crippen LogP contribution is 2.15. The van der Waals surface area contributed by atoms with Crippen molar-refractivity contribution >= 4 is 0 Å². The van der Waals surface area contributed by atoms with Gasteiger partial charge in [0.1, 0.15) is 5.75 Å². The van der Waals surface area contributed by atoms with Gasteiger partial charge in [0, 0.05) is 6.04 Å². The van der Waals surface area contributed by atoms with E-state index in [9.17, 15) is 0 Å². The molecular formula is C18H31NO. The van der Waals surface area contributed by atoms with Crippen LogP contribution < -0.4 is 10.1 Å². The number of nitrogens with one attached hydrogen (secondary N) is 1. The van der Waals surface area contributed by atoms with E-state index in [1.54, 1.807) is 7.11 Å². The standard InChI is InChI=1S/C18H31NO/c1-4-6-7-8-9-10-17(19-5-2)15-16-11-13-18(20-3)14-12-16/h11-14,17,19H,4-10,15H2,1-3H3. The highest BCUT2D eigenvalue weighted by atomic mass is 16.5. The lowest BCUT2D eigenvalue weighted by molar-refractivity contribution is 0.414. The Hall–Kier alpha value is -1.02. The smallest absolute Gasteiger partial charge is 0.118 e. The summed E-state index contributed by atoms with van der Waals surface area (Å²) in [5.74, 6) is 0.938. The predicted octanol–water partition coefficient (Wildman–Crippen LogP) is 4.58. The summed E-state index contributed by atoms with van der Waals surface area (Å²) in [5.41, 5.74) is 1.39. The Labute approximate surface area is 124 Å². The minimum Gasteiger partial charge on any atom is -0.497 e. The maximum atomic E-state index is 5.21. The maximum Gasteiger partial charge on any atom is 0.118 e. The first-order valence-corrected chi connectivity index (χ1v) is 8.16. The molecule has 2 nitrogen and oxygen atoms in total. The van der Waals surface area contributed by atoms with Crippen LogP contribution in [0.15, 0.2) is 24.3 Å². The van der Waals surface area contributed by atoms with E-state index in [4.69, 9.17) is 4.74 Å². The molecule has 0 heterocycles. The number of benzene rings is 1. The molecule has 0 saturated heterocycles. The van der Waals surface area contributed by atoms with Gasteiger partial charge < -0.3 is 10.1 Å². The van der Waals surface area contributed by atoms with E-state index in [0.29, 0.717) is 6.04 Å². The molecule has 0 fully saturated rings. The van der Waals surface area contributed by atoms with Gasteiger partial charge in [0.2, 0.25) is 0 Å². The molecule has 0 aliphatic heterocycles.